The van der Waals surface area contributed by atoms with Crippen LogP contribution in [-0.2, 0) is 13.0 Å². The monoisotopic (exact) mass is 271 g/mol. The number of nitrogens with zero attached hydrogens (tertiary/aromatic N) is 2. The molecule has 20 heavy (non-hydrogen) atoms. The van der Waals surface area contributed by atoms with Crippen LogP contribution in [0.3, 0.4) is 0 Å². The minimum Gasteiger partial charge on any atom is -0.478 e. The molecule has 0 aliphatic rings. The van der Waals surface area contributed by atoms with E-state index in [-0.39, 0.29) is 0 Å². The molecule has 0 fully saturated rings. The number of aromatic nitrogens is 2. The Labute approximate surface area is 120 Å². The zero-order chi connectivity index (χ0) is 14.2. The topological polar surface area (TPSA) is 47.0 Å². The van der Waals surface area contributed by atoms with Crippen LogP contribution in [0.5, 0.6) is 5.88 Å². The molecule has 0 amide bonds. The molecule has 1 aromatic carbocycles. The van der Waals surface area contributed by atoms with Gasteiger partial charge in [0.2, 0.25) is 11.8 Å². The highest BCUT2D eigenvalue weighted by Gasteiger charge is 2.02. The molecule has 0 aliphatic carbocycles. The van der Waals surface area contributed by atoms with E-state index in [1.54, 1.807) is 12.3 Å². The molecule has 106 valence electrons. The summed E-state index contributed by atoms with van der Waals surface area (Å²) in [6.45, 7) is 5.63. The van der Waals surface area contributed by atoms with Crippen LogP contribution in [0.15, 0.2) is 36.5 Å². The quantitative estimate of drug-likeness (QED) is 0.838. The van der Waals surface area contributed by atoms with Crippen molar-refractivity contribution in [3.63, 3.8) is 0 Å². The molecule has 1 heterocycles. The highest BCUT2D eigenvalue weighted by atomic mass is 16.5. The molecule has 1 aromatic heterocycles. The van der Waals surface area contributed by atoms with Crippen LogP contribution in [-0.4, -0.2) is 16.6 Å². The first-order valence-corrected chi connectivity index (χ1v) is 7.10. The molecule has 1 N–H and O–H groups in total. The van der Waals surface area contributed by atoms with Gasteiger partial charge in [0, 0.05) is 18.8 Å². The highest BCUT2D eigenvalue weighted by molar-refractivity contribution is 5.33. The van der Waals surface area contributed by atoms with Crippen LogP contribution in [0, 0.1) is 0 Å². The van der Waals surface area contributed by atoms with Crippen LogP contribution in [0.2, 0.25) is 0 Å². The van der Waals surface area contributed by atoms with E-state index in [4.69, 9.17) is 4.74 Å². The van der Waals surface area contributed by atoms with E-state index in [1.165, 1.54) is 11.1 Å². The van der Waals surface area contributed by atoms with Gasteiger partial charge in [-0.15, -0.1) is 0 Å². The maximum Gasteiger partial charge on any atom is 0.226 e. The Bertz CT molecular complexity index is 543. The van der Waals surface area contributed by atoms with Gasteiger partial charge in [-0.25, -0.2) is 4.98 Å². The molecule has 0 bridgehead atoms. The van der Waals surface area contributed by atoms with E-state index in [2.05, 4.69) is 53.4 Å². The Kier molecular flexibility index (Phi) is 5.35. The molecule has 0 radical (unpaired) electrons. The third-order valence-corrected chi connectivity index (χ3v) is 3.02. The lowest BCUT2D eigenvalue weighted by Gasteiger charge is -2.10. The summed E-state index contributed by atoms with van der Waals surface area (Å²) in [5, 5.41) is 3.25. The number of hydrogen-bond donors (Lipinski definition) is 1. The fraction of sp³-hybridized carbons (Fsp3) is 0.375. The van der Waals surface area contributed by atoms with E-state index in [1.807, 2.05) is 0 Å². The van der Waals surface area contributed by atoms with Gasteiger partial charge in [0.25, 0.3) is 0 Å². The minimum absolute atomic E-state index is 0.601. The van der Waals surface area contributed by atoms with Crippen molar-refractivity contribution in [3.8, 4) is 5.88 Å². The fourth-order valence-electron chi connectivity index (χ4n) is 1.96. The fourth-order valence-corrected chi connectivity index (χ4v) is 1.96. The van der Waals surface area contributed by atoms with E-state index in [0.29, 0.717) is 18.4 Å². The summed E-state index contributed by atoms with van der Waals surface area (Å²) < 4.78 is 5.50. The summed E-state index contributed by atoms with van der Waals surface area (Å²) in [6.07, 6.45) is 3.71. The number of rotatable bonds is 7. The van der Waals surface area contributed by atoms with Crippen LogP contribution in [0.25, 0.3) is 0 Å². The first kappa shape index (κ1) is 14.3. The number of benzene rings is 1. The van der Waals surface area contributed by atoms with Gasteiger partial charge in [0.05, 0.1) is 6.61 Å². The van der Waals surface area contributed by atoms with Crippen LogP contribution in [0.1, 0.15) is 31.4 Å². The smallest absolute Gasteiger partial charge is 0.226 e. The molecule has 0 saturated heterocycles. The summed E-state index contributed by atoms with van der Waals surface area (Å²) >= 11 is 0. The second kappa shape index (κ2) is 7.48. The van der Waals surface area contributed by atoms with Gasteiger partial charge in [-0.1, -0.05) is 38.1 Å². The van der Waals surface area contributed by atoms with Crippen molar-refractivity contribution in [2.45, 2.75) is 33.2 Å². The van der Waals surface area contributed by atoms with Crippen LogP contribution < -0.4 is 10.1 Å². The number of nitrogens with one attached hydrogen (secondary N) is 1. The normalized spacial score (nSPS) is 10.3. The van der Waals surface area contributed by atoms with Gasteiger partial charge >= 0.3 is 0 Å². The SMILES string of the molecule is CCCOc1ccnc(NCc2ccccc2CC)n1. The largest absolute Gasteiger partial charge is 0.478 e. The molecule has 4 nitrogen and oxygen atoms in total. The summed E-state index contributed by atoms with van der Waals surface area (Å²) in [5.41, 5.74) is 2.62. The summed E-state index contributed by atoms with van der Waals surface area (Å²) in [4.78, 5) is 8.55. The van der Waals surface area contributed by atoms with Crippen LogP contribution >= 0.6 is 0 Å². The van der Waals surface area contributed by atoms with Gasteiger partial charge < -0.3 is 10.1 Å². The molecule has 2 aromatic rings. The maximum absolute atomic E-state index is 5.50. The number of ether oxygens (including phenoxy) is 1. The van der Waals surface area contributed by atoms with Crippen LogP contribution in [0.4, 0.5) is 5.95 Å². The van der Waals surface area contributed by atoms with Gasteiger partial charge in [0.1, 0.15) is 0 Å². The average molecular weight is 271 g/mol. The molecular formula is C16H21N3O. The van der Waals surface area contributed by atoms with E-state index in [0.717, 1.165) is 19.4 Å². The Morgan fingerprint density at radius 1 is 1.10 bits per heavy atom. The van der Waals surface area contributed by atoms with Crippen molar-refractivity contribution < 1.29 is 4.74 Å². The summed E-state index contributed by atoms with van der Waals surface area (Å²) in [6, 6.07) is 10.2. The lowest BCUT2D eigenvalue weighted by atomic mass is 10.1. The maximum atomic E-state index is 5.50. The highest BCUT2D eigenvalue weighted by Crippen LogP contribution is 2.13. The third kappa shape index (κ3) is 3.95. The zero-order valence-electron chi connectivity index (χ0n) is 12.1. The molecule has 0 saturated carbocycles. The van der Waals surface area contributed by atoms with Gasteiger partial charge in [-0.05, 0) is 24.0 Å². The molecule has 4 heteroatoms. The van der Waals surface area contributed by atoms with Crippen molar-refractivity contribution in [1.82, 2.24) is 9.97 Å². The van der Waals surface area contributed by atoms with Crippen molar-refractivity contribution in [1.29, 1.82) is 0 Å². The molecule has 0 atom stereocenters. The molecular weight excluding hydrogens is 250 g/mol. The Hall–Kier alpha value is -2.10. The van der Waals surface area contributed by atoms with Crippen molar-refractivity contribution in [3.05, 3.63) is 47.7 Å². The molecule has 0 unspecified atom stereocenters. The second-order valence-electron chi connectivity index (χ2n) is 4.54. The predicted octanol–water partition coefficient (Wildman–Crippen LogP) is 3.44. The molecule has 0 aliphatic heterocycles. The van der Waals surface area contributed by atoms with Crippen molar-refractivity contribution in [2.24, 2.45) is 0 Å². The first-order valence-electron chi connectivity index (χ1n) is 7.10. The van der Waals surface area contributed by atoms with Crippen molar-refractivity contribution in [2.75, 3.05) is 11.9 Å². The average Bonchev–Trinajstić information content (AvgIpc) is 2.51. The first-order chi connectivity index (χ1) is 9.83. The molecule has 2 rings (SSSR count). The number of anilines is 1. The summed E-state index contributed by atoms with van der Waals surface area (Å²) in [7, 11) is 0. The van der Waals surface area contributed by atoms with Crippen molar-refractivity contribution >= 4 is 5.95 Å². The predicted molar refractivity (Wildman–Crippen MR) is 81.0 cm³/mol. The Morgan fingerprint density at radius 2 is 1.90 bits per heavy atom. The van der Waals surface area contributed by atoms with E-state index >= 15 is 0 Å². The zero-order valence-corrected chi connectivity index (χ0v) is 12.1. The lowest BCUT2D eigenvalue weighted by molar-refractivity contribution is 0.305. The van der Waals surface area contributed by atoms with Gasteiger partial charge in [-0.3, -0.25) is 0 Å². The Morgan fingerprint density at radius 3 is 2.65 bits per heavy atom. The van der Waals surface area contributed by atoms with Gasteiger partial charge in [-0.2, -0.15) is 4.98 Å². The number of aryl methyl sites for hydroxylation is 1. The lowest BCUT2D eigenvalue weighted by Crippen LogP contribution is -2.06. The summed E-state index contributed by atoms with van der Waals surface area (Å²) in [5.74, 6) is 1.22. The van der Waals surface area contributed by atoms with E-state index < -0.39 is 0 Å². The molecule has 0 spiro atoms. The van der Waals surface area contributed by atoms with Gasteiger partial charge in [0.15, 0.2) is 0 Å². The Balaban J connectivity index is 1.99. The third-order valence-electron chi connectivity index (χ3n) is 3.02. The minimum atomic E-state index is 0.601. The van der Waals surface area contributed by atoms with E-state index in [9.17, 15) is 0 Å². The number of hydrogen-bond acceptors (Lipinski definition) is 4. The standard InChI is InChI=1S/C16H21N3O/c1-3-11-20-15-9-10-17-16(19-15)18-12-14-8-6-5-7-13(14)4-2/h5-10H,3-4,11-12H2,1-2H3,(H,17,18,19). The second-order valence-corrected chi connectivity index (χ2v) is 4.54.